The summed E-state index contributed by atoms with van der Waals surface area (Å²) in [4.78, 5) is 5.45. The van der Waals surface area contributed by atoms with E-state index in [2.05, 4.69) is 187 Å². The maximum Gasteiger partial charge on any atom is 0.145 e. The van der Waals surface area contributed by atoms with Crippen LogP contribution in [-0.4, -0.2) is 5.71 Å². The van der Waals surface area contributed by atoms with Crippen LogP contribution in [0.1, 0.15) is 45.1 Å². The maximum atomic E-state index is 5.45. The molecule has 9 aromatic carbocycles. The molecule has 0 saturated carbocycles. The number of rotatable bonds is 2. The lowest BCUT2D eigenvalue weighted by atomic mass is 9.70. The zero-order valence-electron chi connectivity index (χ0n) is 28.8. The van der Waals surface area contributed by atoms with Gasteiger partial charge in [-0.25, -0.2) is 0 Å². The summed E-state index contributed by atoms with van der Waals surface area (Å²) in [6.45, 7) is 0. The second-order valence-corrected chi connectivity index (χ2v) is 14.6. The van der Waals surface area contributed by atoms with Crippen molar-refractivity contribution in [2.75, 3.05) is 5.32 Å². The lowest BCUT2D eigenvalue weighted by Crippen LogP contribution is -2.26. The average Bonchev–Trinajstić information content (AvgIpc) is 3.69. The van der Waals surface area contributed by atoms with Crippen LogP contribution in [0.15, 0.2) is 187 Å². The highest BCUT2D eigenvalue weighted by Gasteiger charge is 2.52. The number of nitrogens with one attached hydrogen (secondary N) is 1. The van der Waals surface area contributed by atoms with Crippen molar-refractivity contribution in [2.24, 2.45) is 4.99 Å². The number of hydrogen-bond donors (Lipinski definition) is 1. The lowest BCUT2D eigenvalue weighted by Gasteiger charge is -2.32. The van der Waals surface area contributed by atoms with Gasteiger partial charge in [-0.15, -0.1) is 0 Å². The van der Waals surface area contributed by atoms with Crippen LogP contribution in [0.25, 0.3) is 54.6 Å². The fraction of sp³-hybridized carbons (Fsp3) is 0.0392. The molecule has 0 fully saturated rings. The van der Waals surface area contributed by atoms with Crippen LogP contribution < -0.4 is 5.32 Å². The van der Waals surface area contributed by atoms with Gasteiger partial charge in [0.25, 0.3) is 0 Å². The molecule has 9 aromatic rings. The second kappa shape index (κ2) is 10.6. The van der Waals surface area contributed by atoms with E-state index in [0.29, 0.717) is 0 Å². The van der Waals surface area contributed by atoms with Crippen molar-refractivity contribution in [3.8, 4) is 22.3 Å². The minimum atomic E-state index is -0.479. The molecule has 1 N–H and O–H groups in total. The first-order valence-electron chi connectivity index (χ1n) is 18.5. The molecule has 0 saturated heterocycles. The highest BCUT2D eigenvalue weighted by molar-refractivity contribution is 6.26. The Morgan fingerprint density at radius 2 is 0.887 bits per heavy atom. The molecule has 2 aliphatic carbocycles. The summed E-state index contributed by atoms with van der Waals surface area (Å²) in [7, 11) is 0. The number of para-hydroxylation sites is 1. The molecule has 0 radical (unpaired) electrons. The molecule has 12 rings (SSSR count). The monoisotopic (exact) mass is 672 g/mol. The second-order valence-electron chi connectivity index (χ2n) is 14.6. The molecular formula is C51H32N2. The first-order chi connectivity index (χ1) is 26.3. The Bertz CT molecular complexity index is 3050. The zero-order chi connectivity index (χ0) is 34.7. The van der Waals surface area contributed by atoms with Crippen LogP contribution in [0.4, 0.5) is 5.69 Å². The first-order valence-corrected chi connectivity index (χ1v) is 18.5. The minimum absolute atomic E-state index is 0.241. The smallest absolute Gasteiger partial charge is 0.145 e. The third-order valence-corrected chi connectivity index (χ3v) is 12.1. The Balaban J connectivity index is 1.16. The quantitative estimate of drug-likeness (QED) is 0.182. The zero-order valence-corrected chi connectivity index (χ0v) is 28.8. The van der Waals surface area contributed by atoms with E-state index < -0.39 is 5.41 Å². The number of fused-ring (bicyclic) bond motifs is 17. The average molecular weight is 673 g/mol. The summed E-state index contributed by atoms with van der Waals surface area (Å²) in [5.41, 5.74) is 15.6. The highest BCUT2D eigenvalue weighted by atomic mass is 15.1. The summed E-state index contributed by atoms with van der Waals surface area (Å²) in [5, 5.41) is 11.6. The predicted octanol–water partition coefficient (Wildman–Crippen LogP) is 12.5. The van der Waals surface area contributed by atoms with E-state index in [-0.39, 0.29) is 6.17 Å². The van der Waals surface area contributed by atoms with Gasteiger partial charge in [0.15, 0.2) is 0 Å². The molecule has 0 amide bonds. The topological polar surface area (TPSA) is 24.4 Å². The molecule has 53 heavy (non-hydrogen) atoms. The van der Waals surface area contributed by atoms with Gasteiger partial charge in [0, 0.05) is 16.8 Å². The maximum absolute atomic E-state index is 5.45. The summed E-state index contributed by atoms with van der Waals surface area (Å²) in [5.74, 6) is 0. The standard InChI is InChI=1S/C51H32N2/c1-2-14-31(15-3-1)49-40-22-10-13-25-48(40)52-50(53-49)32-26-27-39-37-20-8-11-23-44(37)51(46(39)28-32)45-24-12-9-21-38(45)43-29-41-35-18-6-4-16-33(35)34-17-5-7-19-36(34)42(41)30-47(43)51/h1-30,50,52H. The van der Waals surface area contributed by atoms with E-state index in [1.807, 2.05) is 0 Å². The largest absolute Gasteiger partial charge is 0.360 e. The van der Waals surface area contributed by atoms with E-state index in [1.54, 1.807) is 0 Å². The van der Waals surface area contributed by atoms with Crippen molar-refractivity contribution < 1.29 is 0 Å². The molecule has 2 unspecified atom stereocenters. The van der Waals surface area contributed by atoms with Gasteiger partial charge in [-0.3, -0.25) is 4.99 Å². The van der Waals surface area contributed by atoms with Crippen molar-refractivity contribution in [2.45, 2.75) is 11.6 Å². The molecule has 246 valence electrons. The Morgan fingerprint density at radius 1 is 0.377 bits per heavy atom. The van der Waals surface area contributed by atoms with Crippen molar-refractivity contribution in [1.82, 2.24) is 0 Å². The van der Waals surface area contributed by atoms with Gasteiger partial charge < -0.3 is 5.32 Å². The molecule has 3 aliphatic rings. The normalized spacial score (nSPS) is 17.6. The summed E-state index contributed by atoms with van der Waals surface area (Å²) >= 11 is 0. The Labute approximate surface area is 307 Å². The van der Waals surface area contributed by atoms with E-state index in [0.717, 1.165) is 28.1 Å². The number of anilines is 1. The van der Waals surface area contributed by atoms with Crippen LogP contribution in [0.2, 0.25) is 0 Å². The first kappa shape index (κ1) is 28.9. The van der Waals surface area contributed by atoms with Gasteiger partial charge in [-0.05, 0) is 107 Å². The molecule has 2 atom stereocenters. The van der Waals surface area contributed by atoms with Crippen LogP contribution in [0.5, 0.6) is 0 Å². The van der Waals surface area contributed by atoms with Gasteiger partial charge >= 0.3 is 0 Å². The summed E-state index contributed by atoms with van der Waals surface area (Å²) < 4.78 is 0. The number of nitrogens with zero attached hydrogens (tertiary/aromatic N) is 1. The van der Waals surface area contributed by atoms with Crippen LogP contribution in [0, 0.1) is 0 Å². The summed E-state index contributed by atoms with van der Waals surface area (Å²) in [6.07, 6.45) is -0.241. The molecule has 0 bridgehead atoms. The minimum Gasteiger partial charge on any atom is -0.360 e. The number of benzene rings is 9. The van der Waals surface area contributed by atoms with Gasteiger partial charge in [-0.1, -0.05) is 158 Å². The number of hydrogen-bond acceptors (Lipinski definition) is 2. The molecule has 1 heterocycles. The molecule has 2 heteroatoms. The van der Waals surface area contributed by atoms with E-state index in [1.165, 1.54) is 76.8 Å². The lowest BCUT2D eigenvalue weighted by molar-refractivity contribution is 0.780. The van der Waals surface area contributed by atoms with E-state index in [4.69, 9.17) is 4.99 Å². The fourth-order valence-corrected chi connectivity index (χ4v) is 9.90. The number of aliphatic imine (C=N–C) groups is 1. The Hall–Kier alpha value is -6.77. The highest BCUT2D eigenvalue weighted by Crippen LogP contribution is 2.63. The van der Waals surface area contributed by atoms with Gasteiger partial charge in [-0.2, -0.15) is 0 Å². The fourth-order valence-electron chi connectivity index (χ4n) is 9.90. The summed E-state index contributed by atoms with van der Waals surface area (Å²) in [6, 6.07) is 67.3. The van der Waals surface area contributed by atoms with Crippen molar-refractivity contribution >= 4 is 43.7 Å². The van der Waals surface area contributed by atoms with Gasteiger partial charge in [0.2, 0.25) is 0 Å². The molecular weight excluding hydrogens is 641 g/mol. The SMILES string of the molecule is c1ccc(C2=NC(c3ccc4c(c3)C3(c5ccccc5-4)c4ccccc4-c4cc5c6ccccc6c6ccccc6c5cc43)Nc3ccccc32)cc1. The van der Waals surface area contributed by atoms with Crippen molar-refractivity contribution in [1.29, 1.82) is 0 Å². The van der Waals surface area contributed by atoms with E-state index >= 15 is 0 Å². The predicted molar refractivity (Wildman–Crippen MR) is 220 cm³/mol. The molecule has 1 spiro atoms. The molecule has 2 nitrogen and oxygen atoms in total. The van der Waals surface area contributed by atoms with E-state index in [9.17, 15) is 0 Å². The van der Waals surface area contributed by atoms with Crippen LogP contribution in [-0.2, 0) is 5.41 Å². The Morgan fingerprint density at radius 3 is 1.58 bits per heavy atom. The third-order valence-electron chi connectivity index (χ3n) is 12.1. The molecule has 1 aliphatic heterocycles. The van der Waals surface area contributed by atoms with Gasteiger partial charge in [0.05, 0.1) is 11.1 Å². The van der Waals surface area contributed by atoms with Crippen molar-refractivity contribution in [3.05, 3.63) is 221 Å². The van der Waals surface area contributed by atoms with Gasteiger partial charge in [0.1, 0.15) is 6.17 Å². The third kappa shape index (κ3) is 3.80. The Kier molecular flexibility index (Phi) is 5.79. The van der Waals surface area contributed by atoms with Crippen LogP contribution in [0.3, 0.4) is 0 Å². The van der Waals surface area contributed by atoms with Crippen molar-refractivity contribution in [3.63, 3.8) is 0 Å². The molecule has 0 aromatic heterocycles. The van der Waals surface area contributed by atoms with Crippen LogP contribution >= 0.6 is 0 Å².